The van der Waals surface area contributed by atoms with Crippen LogP contribution in [-0.4, -0.2) is 11.9 Å². The maximum absolute atomic E-state index is 7.49. The standard InChI is InChI=1S/C16H23BrN2O/c1-10-6-12(9-16(2,3)8-10)20-11-4-5-13(15(18)19)14(17)7-11/h4-5,7,10,12H,6,8-9H2,1-3H3,(H3,18,19). The van der Waals surface area contributed by atoms with Crippen molar-refractivity contribution in [3.8, 4) is 5.75 Å². The average molecular weight is 339 g/mol. The highest BCUT2D eigenvalue weighted by Crippen LogP contribution is 2.40. The average Bonchev–Trinajstić information content (AvgIpc) is 2.25. The van der Waals surface area contributed by atoms with Crippen LogP contribution >= 0.6 is 15.9 Å². The number of hydrogen-bond donors (Lipinski definition) is 2. The topological polar surface area (TPSA) is 59.1 Å². The predicted octanol–water partition coefficient (Wildman–Crippen LogP) is 4.33. The first-order chi connectivity index (χ1) is 9.27. The van der Waals surface area contributed by atoms with Crippen molar-refractivity contribution in [2.75, 3.05) is 0 Å². The van der Waals surface area contributed by atoms with E-state index in [0.29, 0.717) is 16.9 Å². The van der Waals surface area contributed by atoms with Crippen LogP contribution in [0, 0.1) is 16.7 Å². The van der Waals surface area contributed by atoms with Crippen molar-refractivity contribution in [1.29, 1.82) is 5.41 Å². The number of halogens is 1. The van der Waals surface area contributed by atoms with Gasteiger partial charge in [0.2, 0.25) is 0 Å². The summed E-state index contributed by atoms with van der Waals surface area (Å²) >= 11 is 3.45. The van der Waals surface area contributed by atoms with Crippen LogP contribution in [0.15, 0.2) is 22.7 Å². The van der Waals surface area contributed by atoms with Gasteiger partial charge in [-0.25, -0.2) is 0 Å². The van der Waals surface area contributed by atoms with Gasteiger partial charge in [-0.2, -0.15) is 0 Å². The van der Waals surface area contributed by atoms with Crippen LogP contribution in [0.3, 0.4) is 0 Å². The molecule has 1 saturated carbocycles. The summed E-state index contributed by atoms with van der Waals surface area (Å²) in [5.74, 6) is 1.61. The molecule has 2 unspecified atom stereocenters. The molecule has 0 heterocycles. The lowest BCUT2D eigenvalue weighted by Crippen LogP contribution is -2.34. The summed E-state index contributed by atoms with van der Waals surface area (Å²) in [5.41, 5.74) is 6.56. The Morgan fingerprint density at radius 1 is 1.40 bits per heavy atom. The van der Waals surface area contributed by atoms with Crippen molar-refractivity contribution in [1.82, 2.24) is 0 Å². The van der Waals surface area contributed by atoms with Crippen molar-refractivity contribution in [2.45, 2.75) is 46.1 Å². The zero-order chi connectivity index (χ0) is 14.9. The lowest BCUT2D eigenvalue weighted by molar-refractivity contribution is 0.0562. The Hall–Kier alpha value is -1.03. The normalized spacial score (nSPS) is 25.2. The number of amidine groups is 1. The monoisotopic (exact) mass is 338 g/mol. The van der Waals surface area contributed by atoms with E-state index in [1.54, 1.807) is 0 Å². The van der Waals surface area contributed by atoms with Crippen LogP contribution in [0.25, 0.3) is 0 Å². The maximum Gasteiger partial charge on any atom is 0.123 e. The third kappa shape index (κ3) is 3.75. The molecule has 0 saturated heterocycles. The molecule has 1 aliphatic rings. The minimum atomic E-state index is 0.0656. The fourth-order valence-electron chi connectivity index (χ4n) is 3.33. The highest BCUT2D eigenvalue weighted by Gasteiger charge is 2.33. The van der Waals surface area contributed by atoms with Crippen LogP contribution < -0.4 is 10.5 Å². The zero-order valence-electron chi connectivity index (χ0n) is 12.4. The number of rotatable bonds is 3. The van der Waals surface area contributed by atoms with Crippen LogP contribution in [-0.2, 0) is 0 Å². The Bertz CT molecular complexity index is 513. The largest absolute Gasteiger partial charge is 0.490 e. The van der Waals surface area contributed by atoms with Crippen LogP contribution in [0.5, 0.6) is 5.75 Å². The molecule has 20 heavy (non-hydrogen) atoms. The van der Waals surface area contributed by atoms with Crippen LogP contribution in [0.1, 0.15) is 45.6 Å². The van der Waals surface area contributed by atoms with Gasteiger partial charge in [0, 0.05) is 10.0 Å². The van der Waals surface area contributed by atoms with Gasteiger partial charge in [-0.1, -0.05) is 20.8 Å². The van der Waals surface area contributed by atoms with Gasteiger partial charge in [0.15, 0.2) is 0 Å². The highest BCUT2D eigenvalue weighted by molar-refractivity contribution is 9.10. The number of nitrogens with one attached hydrogen (secondary N) is 1. The van der Waals surface area contributed by atoms with Gasteiger partial charge in [-0.05, 0) is 64.7 Å². The molecule has 0 spiro atoms. The van der Waals surface area contributed by atoms with Gasteiger partial charge in [0.05, 0.1) is 6.10 Å². The van der Waals surface area contributed by atoms with E-state index >= 15 is 0 Å². The number of nitrogen functional groups attached to an aromatic ring is 1. The SMILES string of the molecule is CC1CC(Oc2ccc(C(=N)N)c(Br)c2)CC(C)(C)C1. The van der Waals surface area contributed by atoms with Gasteiger partial charge >= 0.3 is 0 Å². The van der Waals surface area contributed by atoms with E-state index in [1.165, 1.54) is 6.42 Å². The molecule has 1 aliphatic carbocycles. The molecular formula is C16H23BrN2O. The van der Waals surface area contributed by atoms with Crippen molar-refractivity contribution in [2.24, 2.45) is 17.1 Å². The van der Waals surface area contributed by atoms with E-state index in [4.69, 9.17) is 15.9 Å². The maximum atomic E-state index is 7.49. The summed E-state index contributed by atoms with van der Waals surface area (Å²) in [6.45, 7) is 6.92. The van der Waals surface area contributed by atoms with E-state index in [0.717, 1.165) is 23.1 Å². The minimum Gasteiger partial charge on any atom is -0.490 e. The lowest BCUT2D eigenvalue weighted by Gasteiger charge is -2.38. The Kier molecular flexibility index (Phi) is 4.43. The summed E-state index contributed by atoms with van der Waals surface area (Å²) in [7, 11) is 0. The van der Waals surface area contributed by atoms with Crippen LogP contribution in [0.4, 0.5) is 0 Å². The molecule has 0 aliphatic heterocycles. The van der Waals surface area contributed by atoms with Gasteiger partial charge in [0.25, 0.3) is 0 Å². The minimum absolute atomic E-state index is 0.0656. The summed E-state index contributed by atoms with van der Waals surface area (Å²) in [4.78, 5) is 0. The number of benzene rings is 1. The third-order valence-electron chi connectivity index (χ3n) is 3.88. The van der Waals surface area contributed by atoms with E-state index in [2.05, 4.69) is 36.7 Å². The van der Waals surface area contributed by atoms with Crippen molar-refractivity contribution >= 4 is 21.8 Å². The molecule has 1 fully saturated rings. The van der Waals surface area contributed by atoms with E-state index < -0.39 is 0 Å². The zero-order valence-corrected chi connectivity index (χ0v) is 14.0. The molecule has 0 amide bonds. The smallest absolute Gasteiger partial charge is 0.123 e. The first-order valence-corrected chi connectivity index (χ1v) is 7.87. The Labute approximate surface area is 129 Å². The highest BCUT2D eigenvalue weighted by atomic mass is 79.9. The summed E-state index contributed by atoms with van der Waals surface area (Å²) in [5, 5.41) is 7.49. The van der Waals surface area contributed by atoms with Gasteiger partial charge in [-0.3, -0.25) is 5.41 Å². The second-order valence-electron chi connectivity index (χ2n) is 6.71. The summed E-state index contributed by atoms with van der Waals surface area (Å²) in [6.07, 6.45) is 3.72. The number of hydrogen-bond acceptors (Lipinski definition) is 2. The lowest BCUT2D eigenvalue weighted by atomic mass is 9.71. The summed E-state index contributed by atoms with van der Waals surface area (Å²) in [6, 6.07) is 5.63. The first-order valence-electron chi connectivity index (χ1n) is 7.07. The predicted molar refractivity (Wildman–Crippen MR) is 86.4 cm³/mol. The van der Waals surface area contributed by atoms with E-state index in [1.807, 2.05) is 18.2 Å². The van der Waals surface area contributed by atoms with E-state index in [-0.39, 0.29) is 11.9 Å². The molecule has 0 radical (unpaired) electrons. The second kappa shape index (κ2) is 5.76. The third-order valence-corrected chi connectivity index (χ3v) is 4.54. The molecular weight excluding hydrogens is 316 g/mol. The summed E-state index contributed by atoms with van der Waals surface area (Å²) < 4.78 is 6.95. The Morgan fingerprint density at radius 2 is 2.10 bits per heavy atom. The fraction of sp³-hybridized carbons (Fsp3) is 0.562. The number of ether oxygens (including phenoxy) is 1. The number of nitrogens with two attached hydrogens (primary N) is 1. The van der Waals surface area contributed by atoms with Gasteiger partial charge in [-0.15, -0.1) is 0 Å². The quantitative estimate of drug-likeness (QED) is 0.636. The Balaban J connectivity index is 2.10. The van der Waals surface area contributed by atoms with E-state index in [9.17, 15) is 0 Å². The fourth-order valence-corrected chi connectivity index (χ4v) is 3.90. The van der Waals surface area contributed by atoms with Crippen molar-refractivity contribution < 1.29 is 4.74 Å². The molecule has 2 atom stereocenters. The second-order valence-corrected chi connectivity index (χ2v) is 7.56. The molecule has 3 nitrogen and oxygen atoms in total. The van der Waals surface area contributed by atoms with Gasteiger partial charge in [0.1, 0.15) is 11.6 Å². The van der Waals surface area contributed by atoms with Crippen molar-refractivity contribution in [3.63, 3.8) is 0 Å². The molecule has 110 valence electrons. The molecule has 1 aromatic carbocycles. The molecule has 3 N–H and O–H groups in total. The Morgan fingerprint density at radius 3 is 2.65 bits per heavy atom. The molecule has 0 bridgehead atoms. The molecule has 4 heteroatoms. The van der Waals surface area contributed by atoms with Crippen molar-refractivity contribution in [3.05, 3.63) is 28.2 Å². The van der Waals surface area contributed by atoms with Gasteiger partial charge < -0.3 is 10.5 Å². The first kappa shape index (κ1) is 15.4. The molecule has 2 rings (SSSR count). The molecule has 0 aromatic heterocycles. The van der Waals surface area contributed by atoms with Crippen LogP contribution in [0.2, 0.25) is 0 Å². The molecule has 1 aromatic rings.